The number of benzene rings is 4. The molecule has 132 valence electrons. The fraction of sp³-hybridized carbons (Fsp3) is 0.0741. The fourth-order valence-corrected chi connectivity index (χ4v) is 5.31. The third kappa shape index (κ3) is 1.70. The van der Waals surface area contributed by atoms with Crippen molar-refractivity contribution >= 4 is 5.78 Å². The molecule has 4 aromatic carbocycles. The predicted octanol–water partition coefficient (Wildman–Crippen LogP) is 6.23. The SMILES string of the molecule is CC(=O)c1ccc2c(c1)C1(c3ccccc3-c3ccccc31)c1ccccc1-2. The van der Waals surface area contributed by atoms with Crippen LogP contribution >= 0.6 is 0 Å². The number of Topliss-reactive ketones (excluding diaryl/α,β-unsaturated/α-hetero) is 1. The van der Waals surface area contributed by atoms with Crippen LogP contribution in [0.4, 0.5) is 0 Å². The first-order chi connectivity index (χ1) is 13.7. The molecule has 1 nitrogen and oxygen atoms in total. The van der Waals surface area contributed by atoms with E-state index in [4.69, 9.17) is 0 Å². The van der Waals surface area contributed by atoms with Crippen molar-refractivity contribution < 1.29 is 4.79 Å². The van der Waals surface area contributed by atoms with Gasteiger partial charge in [0.1, 0.15) is 0 Å². The lowest BCUT2D eigenvalue weighted by atomic mass is 9.70. The molecule has 0 unspecified atom stereocenters. The Balaban J connectivity index is 1.85. The second kappa shape index (κ2) is 5.30. The molecule has 2 aliphatic carbocycles. The number of fused-ring (bicyclic) bond motifs is 10. The van der Waals surface area contributed by atoms with Gasteiger partial charge in [0, 0.05) is 5.56 Å². The van der Waals surface area contributed by atoms with E-state index in [9.17, 15) is 4.79 Å². The summed E-state index contributed by atoms with van der Waals surface area (Å²) >= 11 is 0. The van der Waals surface area contributed by atoms with Crippen molar-refractivity contribution in [1.29, 1.82) is 0 Å². The quantitative estimate of drug-likeness (QED) is 0.318. The lowest BCUT2D eigenvalue weighted by Gasteiger charge is -2.30. The highest BCUT2D eigenvalue weighted by Gasteiger charge is 2.51. The molecular formula is C27H18O. The van der Waals surface area contributed by atoms with Crippen LogP contribution in [0, 0.1) is 0 Å². The Morgan fingerprint density at radius 1 is 0.571 bits per heavy atom. The van der Waals surface area contributed by atoms with Crippen LogP contribution in [0.5, 0.6) is 0 Å². The van der Waals surface area contributed by atoms with Gasteiger partial charge < -0.3 is 0 Å². The van der Waals surface area contributed by atoms with Crippen molar-refractivity contribution in [2.24, 2.45) is 0 Å². The van der Waals surface area contributed by atoms with E-state index in [0.717, 1.165) is 5.56 Å². The molecule has 0 radical (unpaired) electrons. The average molecular weight is 358 g/mol. The first-order valence-electron chi connectivity index (χ1n) is 9.67. The monoisotopic (exact) mass is 358 g/mol. The Morgan fingerprint density at radius 2 is 1.00 bits per heavy atom. The summed E-state index contributed by atoms with van der Waals surface area (Å²) < 4.78 is 0. The Morgan fingerprint density at radius 3 is 1.46 bits per heavy atom. The van der Waals surface area contributed by atoms with E-state index < -0.39 is 0 Å². The van der Waals surface area contributed by atoms with E-state index in [1.165, 1.54) is 44.5 Å². The van der Waals surface area contributed by atoms with Crippen LogP contribution in [0.3, 0.4) is 0 Å². The lowest BCUT2D eigenvalue weighted by Crippen LogP contribution is -2.26. The van der Waals surface area contributed by atoms with Crippen LogP contribution in [-0.4, -0.2) is 5.78 Å². The molecule has 0 fully saturated rings. The zero-order valence-electron chi connectivity index (χ0n) is 15.6. The van der Waals surface area contributed by atoms with Crippen molar-refractivity contribution in [2.75, 3.05) is 0 Å². The molecule has 0 atom stereocenters. The van der Waals surface area contributed by atoms with Gasteiger partial charge in [-0.05, 0) is 57.5 Å². The second-order valence-electron chi connectivity index (χ2n) is 7.70. The number of carbonyl (C=O) groups excluding carboxylic acids is 1. The van der Waals surface area contributed by atoms with Crippen molar-refractivity contribution in [1.82, 2.24) is 0 Å². The van der Waals surface area contributed by atoms with E-state index in [1.54, 1.807) is 6.92 Å². The number of hydrogen-bond acceptors (Lipinski definition) is 1. The van der Waals surface area contributed by atoms with E-state index >= 15 is 0 Å². The molecule has 28 heavy (non-hydrogen) atoms. The van der Waals surface area contributed by atoms with E-state index in [-0.39, 0.29) is 11.2 Å². The maximum absolute atomic E-state index is 12.2. The minimum atomic E-state index is -0.357. The summed E-state index contributed by atoms with van der Waals surface area (Å²) in [5, 5.41) is 0. The Hall–Kier alpha value is -3.45. The molecule has 0 aromatic heterocycles. The zero-order valence-corrected chi connectivity index (χ0v) is 15.6. The summed E-state index contributed by atoms with van der Waals surface area (Å²) in [6.07, 6.45) is 0. The molecule has 4 aromatic rings. The average Bonchev–Trinajstić information content (AvgIpc) is 3.21. The Kier molecular flexibility index (Phi) is 2.95. The van der Waals surface area contributed by atoms with Gasteiger partial charge in [-0.2, -0.15) is 0 Å². The summed E-state index contributed by atoms with van der Waals surface area (Å²) in [7, 11) is 0. The largest absolute Gasteiger partial charge is 0.295 e. The first-order valence-corrected chi connectivity index (χ1v) is 9.67. The van der Waals surface area contributed by atoms with E-state index in [1.807, 2.05) is 6.07 Å². The fourth-order valence-electron chi connectivity index (χ4n) is 5.31. The molecule has 2 aliphatic rings. The smallest absolute Gasteiger partial charge is 0.159 e. The maximum Gasteiger partial charge on any atom is 0.159 e. The van der Waals surface area contributed by atoms with Crippen LogP contribution in [0.25, 0.3) is 22.3 Å². The van der Waals surface area contributed by atoms with Crippen LogP contribution in [0.15, 0.2) is 91.0 Å². The summed E-state index contributed by atoms with van der Waals surface area (Å²) in [5.74, 6) is 0.105. The molecule has 1 spiro atoms. The molecule has 1 heteroatoms. The first kappa shape index (κ1) is 15.6. The second-order valence-corrected chi connectivity index (χ2v) is 7.70. The number of hydrogen-bond donors (Lipinski definition) is 0. The van der Waals surface area contributed by atoms with Gasteiger partial charge in [-0.25, -0.2) is 0 Å². The van der Waals surface area contributed by atoms with Gasteiger partial charge in [0.2, 0.25) is 0 Å². The van der Waals surface area contributed by atoms with Crippen LogP contribution < -0.4 is 0 Å². The maximum atomic E-state index is 12.2. The van der Waals surface area contributed by atoms with Gasteiger partial charge >= 0.3 is 0 Å². The minimum Gasteiger partial charge on any atom is -0.295 e. The molecular weight excluding hydrogens is 340 g/mol. The number of rotatable bonds is 1. The van der Waals surface area contributed by atoms with Gasteiger partial charge in [-0.1, -0.05) is 84.9 Å². The van der Waals surface area contributed by atoms with Crippen molar-refractivity contribution in [3.8, 4) is 22.3 Å². The number of carbonyl (C=O) groups is 1. The third-order valence-electron chi connectivity index (χ3n) is 6.40. The van der Waals surface area contributed by atoms with Gasteiger partial charge in [-0.3, -0.25) is 4.79 Å². The van der Waals surface area contributed by atoms with Gasteiger partial charge in [-0.15, -0.1) is 0 Å². The zero-order chi connectivity index (χ0) is 18.9. The van der Waals surface area contributed by atoms with Gasteiger partial charge in [0.05, 0.1) is 5.41 Å². The predicted molar refractivity (Wildman–Crippen MR) is 113 cm³/mol. The molecule has 0 heterocycles. The third-order valence-corrected chi connectivity index (χ3v) is 6.40. The van der Waals surface area contributed by atoms with E-state index in [0.29, 0.717) is 0 Å². The standard InChI is InChI=1S/C27H18O/c1-17(28)18-14-15-22-21-10-4-7-13-25(21)27(26(22)16-18)23-11-5-2-8-19(23)20-9-3-6-12-24(20)27/h2-16H,1H3. The van der Waals surface area contributed by atoms with Crippen molar-refractivity contribution in [2.45, 2.75) is 12.3 Å². The van der Waals surface area contributed by atoms with Crippen LogP contribution in [0.2, 0.25) is 0 Å². The van der Waals surface area contributed by atoms with E-state index in [2.05, 4.69) is 84.9 Å². The molecule has 0 saturated heterocycles. The van der Waals surface area contributed by atoms with Crippen molar-refractivity contribution in [3.05, 3.63) is 119 Å². The molecule has 0 aliphatic heterocycles. The topological polar surface area (TPSA) is 17.1 Å². The summed E-state index contributed by atoms with van der Waals surface area (Å²) in [5.41, 5.74) is 10.6. The highest BCUT2D eigenvalue weighted by molar-refractivity contribution is 5.99. The number of ketones is 1. The summed E-state index contributed by atoms with van der Waals surface area (Å²) in [6, 6.07) is 32.3. The van der Waals surface area contributed by atoms with Crippen molar-refractivity contribution in [3.63, 3.8) is 0 Å². The molecule has 0 bridgehead atoms. The molecule has 0 amide bonds. The molecule has 6 rings (SSSR count). The molecule has 0 N–H and O–H groups in total. The highest BCUT2D eigenvalue weighted by Crippen LogP contribution is 2.62. The van der Waals surface area contributed by atoms with Crippen LogP contribution in [0.1, 0.15) is 39.5 Å². The van der Waals surface area contributed by atoms with Gasteiger partial charge in [0.25, 0.3) is 0 Å². The minimum absolute atomic E-state index is 0.105. The normalized spacial score (nSPS) is 14.3. The lowest BCUT2D eigenvalue weighted by molar-refractivity contribution is 0.101. The van der Waals surface area contributed by atoms with Crippen LogP contribution in [-0.2, 0) is 5.41 Å². The Labute approximate surface area is 164 Å². The summed E-state index contributed by atoms with van der Waals surface area (Å²) in [4.78, 5) is 12.2. The summed E-state index contributed by atoms with van der Waals surface area (Å²) in [6.45, 7) is 1.65. The van der Waals surface area contributed by atoms with Gasteiger partial charge in [0.15, 0.2) is 5.78 Å². The highest BCUT2D eigenvalue weighted by atomic mass is 16.1. The molecule has 0 saturated carbocycles. The Bertz CT molecular complexity index is 1230.